The van der Waals surface area contributed by atoms with E-state index >= 15 is 0 Å². The van der Waals surface area contributed by atoms with Gasteiger partial charge in [-0.1, -0.05) is 63.1 Å². The number of aromatic hydroxyl groups is 2. The van der Waals surface area contributed by atoms with Crippen LogP contribution < -0.4 is 44.3 Å². The number of ether oxygens (including phenoxy) is 7. The standard InChI is InChI=1S/C71H87N7O12S/c1-8-71(9-2,50-18-12-13-19-50)74-65(79)23-25-76-66(80)41-64(69(76)83)91-70(3,4)45-75(26-27-87-30-31-88-29-28-84-5)52-33-46(43-89-62-39-56-54(37-60(62)85-6)67(81)77-51(22-24-72-56)35-48-16-10-14-20-58(48)77)32-47(34-52)44-90-63-40-57-55(38-61(63)86-7)68(82)78-53(42-73-57)36-49-17-11-15-21-59(49)78/h10-11,14-17,20-21,32-34,37-42,50-51,53,72,80,83H,8-9,12-13,18-19,22-31,35-36,43-45H2,1-7H3,(H,74,79). The van der Waals surface area contributed by atoms with Crippen molar-refractivity contribution >= 4 is 64.1 Å². The average molecular weight is 1260 g/mol. The van der Waals surface area contributed by atoms with Crippen LogP contribution in [-0.4, -0.2) is 135 Å². The third-order valence-corrected chi connectivity index (χ3v) is 19.8. The minimum Gasteiger partial charge on any atom is -0.494 e. The second-order valence-electron chi connectivity index (χ2n) is 24.9. The Kier molecular flexibility index (Phi) is 20.4. The highest BCUT2D eigenvalue weighted by molar-refractivity contribution is 8.00. The summed E-state index contributed by atoms with van der Waals surface area (Å²) in [5.41, 5.74) is 8.20. The summed E-state index contributed by atoms with van der Waals surface area (Å²) >= 11 is 1.42. The molecule has 2 unspecified atom stereocenters. The van der Waals surface area contributed by atoms with E-state index in [1.54, 1.807) is 50.5 Å². The van der Waals surface area contributed by atoms with Gasteiger partial charge in [0.15, 0.2) is 28.9 Å². The minimum absolute atomic E-state index is 0.0344. The highest BCUT2D eigenvalue weighted by atomic mass is 32.2. The Hall–Kier alpha value is -7.91. The lowest BCUT2D eigenvalue weighted by molar-refractivity contribution is -0.124. The average Bonchev–Trinajstić information content (AvgIpc) is 1.68. The zero-order valence-corrected chi connectivity index (χ0v) is 54.3. The topological polar surface area (TPSA) is 207 Å². The first-order valence-corrected chi connectivity index (χ1v) is 32.9. The fourth-order valence-corrected chi connectivity index (χ4v) is 15.1. The Morgan fingerprint density at radius 1 is 0.736 bits per heavy atom. The number of rotatable bonds is 29. The number of hydrogen-bond acceptors (Lipinski definition) is 16. The lowest BCUT2D eigenvalue weighted by atomic mass is 9.78. The van der Waals surface area contributed by atoms with Crippen LogP contribution in [0.2, 0.25) is 0 Å². The first-order valence-electron chi connectivity index (χ1n) is 32.1. The van der Waals surface area contributed by atoms with E-state index in [0.717, 1.165) is 77.8 Å². The number of methoxy groups -OCH3 is 3. The predicted molar refractivity (Wildman–Crippen MR) is 355 cm³/mol. The summed E-state index contributed by atoms with van der Waals surface area (Å²) in [6.45, 7) is 12.2. The molecule has 11 rings (SSSR count). The molecule has 1 saturated carbocycles. The number of aromatic nitrogens is 1. The molecule has 0 radical (unpaired) electrons. The van der Waals surface area contributed by atoms with Gasteiger partial charge in [-0.3, -0.25) is 28.8 Å². The molecule has 19 nitrogen and oxygen atoms in total. The third kappa shape index (κ3) is 14.3. The van der Waals surface area contributed by atoms with Gasteiger partial charge in [-0.05, 0) is 123 Å². The van der Waals surface area contributed by atoms with Crippen LogP contribution in [0.4, 0.5) is 28.4 Å². The van der Waals surface area contributed by atoms with Gasteiger partial charge >= 0.3 is 0 Å². The van der Waals surface area contributed by atoms with Crippen LogP contribution in [0.5, 0.6) is 34.8 Å². The second-order valence-corrected chi connectivity index (χ2v) is 26.6. The number of fused-ring (bicyclic) bond motifs is 8. The van der Waals surface area contributed by atoms with Gasteiger partial charge in [0, 0.05) is 104 Å². The molecule has 4 N–H and O–H groups in total. The van der Waals surface area contributed by atoms with E-state index < -0.39 is 4.75 Å². The third-order valence-electron chi connectivity index (χ3n) is 18.6. The summed E-state index contributed by atoms with van der Waals surface area (Å²) in [4.78, 5) is 53.8. The van der Waals surface area contributed by atoms with Crippen LogP contribution in [0.25, 0.3) is 0 Å². The fourth-order valence-electron chi connectivity index (χ4n) is 13.9. The molecule has 1 aromatic heterocycles. The maximum atomic E-state index is 14.5. The van der Waals surface area contributed by atoms with Crippen molar-refractivity contribution in [1.82, 2.24) is 9.88 Å². The number of carbonyl (C=O) groups excluding carboxylic acids is 3. The molecule has 1 aliphatic carbocycles. The molecule has 1 fully saturated rings. The molecule has 0 saturated heterocycles. The molecule has 0 spiro atoms. The zero-order valence-electron chi connectivity index (χ0n) is 53.5. The largest absolute Gasteiger partial charge is 0.494 e. The van der Waals surface area contributed by atoms with E-state index in [9.17, 15) is 24.6 Å². The summed E-state index contributed by atoms with van der Waals surface area (Å²) in [7, 11) is 4.76. The summed E-state index contributed by atoms with van der Waals surface area (Å²) in [6.07, 6.45) is 10.4. The van der Waals surface area contributed by atoms with Gasteiger partial charge in [-0.2, -0.15) is 0 Å². The van der Waals surface area contributed by atoms with Crippen LogP contribution in [-0.2, 0) is 51.6 Å². The Balaban J connectivity index is 0.885. The van der Waals surface area contributed by atoms with Crippen LogP contribution in [0.15, 0.2) is 107 Å². The molecule has 0 bridgehead atoms. The first-order chi connectivity index (χ1) is 44.1. The maximum absolute atomic E-state index is 14.5. The van der Waals surface area contributed by atoms with Crippen molar-refractivity contribution in [2.24, 2.45) is 10.9 Å². The molecule has 5 aromatic carbocycles. The van der Waals surface area contributed by atoms with Gasteiger partial charge in [0.25, 0.3) is 11.8 Å². The normalized spacial score (nSPS) is 16.8. The highest BCUT2D eigenvalue weighted by Crippen LogP contribution is 2.46. The first kappa shape index (κ1) is 64.6. The molecule has 3 amide bonds. The Morgan fingerprint density at radius 3 is 2.04 bits per heavy atom. The Labute approximate surface area is 538 Å². The molecular weight excluding hydrogens is 1170 g/mol. The summed E-state index contributed by atoms with van der Waals surface area (Å²) in [6, 6.07) is 30.6. The lowest BCUT2D eigenvalue weighted by Gasteiger charge is -2.39. The van der Waals surface area contributed by atoms with Crippen LogP contribution in [0.1, 0.15) is 122 Å². The predicted octanol–water partition coefficient (Wildman–Crippen LogP) is 12.1. The summed E-state index contributed by atoms with van der Waals surface area (Å²) in [5, 5.41) is 30.1. The van der Waals surface area contributed by atoms with Gasteiger partial charge in [0.1, 0.15) is 13.2 Å². The fraction of sp³-hybridized carbons (Fsp3) is 0.465. The van der Waals surface area contributed by atoms with E-state index in [1.165, 1.54) is 29.2 Å². The molecule has 20 heteroatoms. The molecule has 5 aliphatic rings. The van der Waals surface area contributed by atoms with Gasteiger partial charge in [-0.15, -0.1) is 11.8 Å². The van der Waals surface area contributed by atoms with E-state index in [0.29, 0.717) is 115 Å². The maximum Gasteiger partial charge on any atom is 0.261 e. The number of nitrogens with zero attached hydrogens (tertiary/aromatic N) is 5. The molecule has 91 heavy (non-hydrogen) atoms. The number of thioether (sulfide) groups is 1. The molecule has 4 aliphatic heterocycles. The molecule has 2 atom stereocenters. The molecule has 484 valence electrons. The summed E-state index contributed by atoms with van der Waals surface area (Å²) in [5.74, 6) is 1.46. The molecule has 5 heterocycles. The minimum atomic E-state index is -0.622. The highest BCUT2D eigenvalue weighted by Gasteiger charge is 2.41. The van der Waals surface area contributed by atoms with Crippen molar-refractivity contribution in [3.8, 4) is 34.8 Å². The number of benzene rings is 5. The number of amides is 3. The van der Waals surface area contributed by atoms with Crippen molar-refractivity contribution in [1.29, 1.82) is 0 Å². The molecular formula is C71H87N7O12S. The van der Waals surface area contributed by atoms with Crippen molar-refractivity contribution in [3.63, 3.8) is 0 Å². The Morgan fingerprint density at radius 2 is 1.36 bits per heavy atom. The number of hydrogen-bond donors (Lipinski definition) is 4. The number of anilines is 4. The Bertz CT molecular complexity index is 3620. The number of nitrogens with one attached hydrogen (secondary N) is 2. The van der Waals surface area contributed by atoms with Gasteiger partial charge in [0.2, 0.25) is 11.8 Å². The van der Waals surface area contributed by atoms with E-state index in [4.69, 9.17) is 38.2 Å². The van der Waals surface area contributed by atoms with E-state index in [2.05, 4.69) is 61.4 Å². The quantitative estimate of drug-likeness (QED) is 0.0254. The molecule has 6 aromatic rings. The van der Waals surface area contributed by atoms with E-state index in [-0.39, 0.29) is 73.3 Å². The number of aliphatic imine (C=N–C) groups is 1. The van der Waals surface area contributed by atoms with Crippen LogP contribution in [0.3, 0.4) is 0 Å². The van der Waals surface area contributed by atoms with Crippen LogP contribution >= 0.6 is 11.8 Å². The monoisotopic (exact) mass is 1260 g/mol. The van der Waals surface area contributed by atoms with Crippen molar-refractivity contribution in [2.75, 3.05) is 94.0 Å². The van der Waals surface area contributed by atoms with Gasteiger partial charge < -0.3 is 63.8 Å². The number of para-hydroxylation sites is 2. The SMILES string of the molecule is CCC(CC)(NC(=O)CCn1c(O)cc(SC(C)(C)CN(CCOCCOCCOC)c2cc(COc3cc4c(cc3OC)C(=O)N3c5ccccc5CC3C=N4)cc(COc3cc4c(cc3OC)C(=O)N3c5ccccc5CC3CCN4)c2)c1O)C1CCCC1. The second kappa shape index (κ2) is 28.7. The van der Waals surface area contributed by atoms with Gasteiger partial charge in [0.05, 0.1) is 80.7 Å². The lowest BCUT2D eigenvalue weighted by Crippen LogP contribution is -2.52. The van der Waals surface area contributed by atoms with Crippen molar-refractivity contribution < 1.29 is 57.8 Å². The number of carbonyl (C=O) groups is 3. The van der Waals surface area contributed by atoms with Crippen LogP contribution in [0, 0.1) is 5.92 Å². The van der Waals surface area contributed by atoms with E-state index in [1.807, 2.05) is 65.7 Å². The zero-order chi connectivity index (χ0) is 63.8. The van der Waals surface area contributed by atoms with Crippen molar-refractivity contribution in [2.45, 2.75) is 139 Å². The van der Waals surface area contributed by atoms with Gasteiger partial charge in [-0.25, -0.2) is 0 Å². The summed E-state index contributed by atoms with van der Waals surface area (Å²) < 4.78 is 43.3. The smallest absolute Gasteiger partial charge is 0.261 e. The van der Waals surface area contributed by atoms with Crippen molar-refractivity contribution in [3.05, 3.63) is 130 Å².